The summed E-state index contributed by atoms with van der Waals surface area (Å²) in [4.78, 5) is 12.9. The minimum absolute atomic E-state index is 0.217. The van der Waals surface area contributed by atoms with Gasteiger partial charge in [0.25, 0.3) is 0 Å². The van der Waals surface area contributed by atoms with E-state index in [0.29, 0.717) is 26.8 Å². The smallest absolute Gasteiger partial charge is 0.193 e. The summed E-state index contributed by atoms with van der Waals surface area (Å²) in [5.41, 5.74) is 1.95. The maximum Gasteiger partial charge on any atom is 0.193 e. The molecule has 0 fully saturated rings. The Morgan fingerprint density at radius 3 is 2.25 bits per heavy atom. The van der Waals surface area contributed by atoms with E-state index in [1.54, 1.807) is 36.4 Å². The van der Waals surface area contributed by atoms with Crippen molar-refractivity contribution in [2.24, 2.45) is 0 Å². The number of benzene rings is 3. The van der Waals surface area contributed by atoms with Crippen molar-refractivity contribution in [3.05, 3.63) is 100 Å². The molecule has 3 aromatic carbocycles. The SMILES string of the molecule is O=C(c1ccc(Cl)cc1)c1ccc(SCc2ccccc2)c(F)c1. The Kier molecular flexibility index (Phi) is 5.34. The van der Waals surface area contributed by atoms with Gasteiger partial charge in [0.15, 0.2) is 5.78 Å². The van der Waals surface area contributed by atoms with Gasteiger partial charge >= 0.3 is 0 Å². The van der Waals surface area contributed by atoms with Crippen LogP contribution in [-0.2, 0) is 5.75 Å². The second-order valence-corrected chi connectivity index (χ2v) is 6.71. The van der Waals surface area contributed by atoms with Gasteiger partial charge in [-0.25, -0.2) is 4.39 Å². The molecule has 0 aliphatic heterocycles. The molecule has 0 radical (unpaired) electrons. The third-order valence-electron chi connectivity index (χ3n) is 3.54. The van der Waals surface area contributed by atoms with E-state index in [2.05, 4.69) is 0 Å². The Balaban J connectivity index is 1.74. The predicted octanol–water partition coefficient (Wildman–Crippen LogP) is 6.00. The summed E-state index contributed by atoms with van der Waals surface area (Å²) in [5.74, 6) is 0.0864. The van der Waals surface area contributed by atoms with E-state index in [4.69, 9.17) is 11.6 Å². The van der Waals surface area contributed by atoms with Crippen LogP contribution in [0.3, 0.4) is 0 Å². The molecule has 0 bridgehead atoms. The van der Waals surface area contributed by atoms with Crippen LogP contribution in [0.25, 0.3) is 0 Å². The van der Waals surface area contributed by atoms with Gasteiger partial charge in [-0.2, -0.15) is 0 Å². The number of hydrogen-bond acceptors (Lipinski definition) is 2. The van der Waals surface area contributed by atoms with Crippen LogP contribution in [0.5, 0.6) is 0 Å². The highest BCUT2D eigenvalue weighted by Crippen LogP contribution is 2.27. The summed E-state index contributed by atoms with van der Waals surface area (Å²) >= 11 is 7.23. The fourth-order valence-electron chi connectivity index (χ4n) is 2.26. The first-order chi connectivity index (χ1) is 11.6. The molecule has 3 rings (SSSR count). The topological polar surface area (TPSA) is 17.1 Å². The molecule has 0 aromatic heterocycles. The number of halogens is 2. The lowest BCUT2D eigenvalue weighted by atomic mass is 10.0. The fourth-order valence-corrected chi connectivity index (χ4v) is 3.26. The predicted molar refractivity (Wildman–Crippen MR) is 97.3 cm³/mol. The average molecular weight is 357 g/mol. The van der Waals surface area contributed by atoms with Crippen LogP contribution < -0.4 is 0 Å². The summed E-state index contributed by atoms with van der Waals surface area (Å²) in [6, 6.07) is 21.1. The zero-order chi connectivity index (χ0) is 16.9. The van der Waals surface area contributed by atoms with Crippen LogP contribution >= 0.6 is 23.4 Å². The molecule has 0 unspecified atom stereocenters. The minimum atomic E-state index is -0.379. The Labute approximate surface area is 149 Å². The van der Waals surface area contributed by atoms with Crippen molar-refractivity contribution in [1.29, 1.82) is 0 Å². The van der Waals surface area contributed by atoms with Crippen LogP contribution in [-0.4, -0.2) is 5.78 Å². The normalized spacial score (nSPS) is 10.6. The van der Waals surface area contributed by atoms with Gasteiger partial charge in [0.05, 0.1) is 0 Å². The number of hydrogen-bond donors (Lipinski definition) is 0. The molecule has 0 N–H and O–H groups in total. The van der Waals surface area contributed by atoms with E-state index in [1.807, 2.05) is 30.3 Å². The molecule has 0 spiro atoms. The first-order valence-corrected chi connectivity index (χ1v) is 8.76. The zero-order valence-electron chi connectivity index (χ0n) is 12.7. The molecule has 24 heavy (non-hydrogen) atoms. The molecule has 0 saturated heterocycles. The van der Waals surface area contributed by atoms with Gasteiger partial charge in [0.2, 0.25) is 0 Å². The lowest BCUT2D eigenvalue weighted by Gasteiger charge is -2.06. The second-order valence-electron chi connectivity index (χ2n) is 5.26. The van der Waals surface area contributed by atoms with Gasteiger partial charge in [-0.05, 0) is 48.0 Å². The summed E-state index contributed by atoms with van der Waals surface area (Å²) in [5, 5.41) is 0.561. The number of carbonyl (C=O) groups is 1. The highest BCUT2D eigenvalue weighted by atomic mass is 35.5. The van der Waals surface area contributed by atoms with Crippen molar-refractivity contribution in [3.8, 4) is 0 Å². The minimum Gasteiger partial charge on any atom is -0.289 e. The first kappa shape index (κ1) is 16.7. The number of ketones is 1. The average Bonchev–Trinajstić information content (AvgIpc) is 2.61. The Hall–Kier alpha value is -2.10. The number of thioether (sulfide) groups is 1. The third-order valence-corrected chi connectivity index (χ3v) is 4.91. The van der Waals surface area contributed by atoms with Gasteiger partial charge in [-0.15, -0.1) is 11.8 Å². The summed E-state index contributed by atoms with van der Waals surface area (Å²) in [6.07, 6.45) is 0. The van der Waals surface area contributed by atoms with Crippen molar-refractivity contribution in [2.45, 2.75) is 10.6 Å². The van der Waals surface area contributed by atoms with E-state index >= 15 is 0 Å². The van der Waals surface area contributed by atoms with E-state index in [-0.39, 0.29) is 11.6 Å². The fraction of sp³-hybridized carbons (Fsp3) is 0.0500. The quantitative estimate of drug-likeness (QED) is 0.412. The molecular formula is C20H14ClFOS. The van der Waals surface area contributed by atoms with Crippen molar-refractivity contribution in [3.63, 3.8) is 0 Å². The molecule has 1 nitrogen and oxygen atoms in total. The lowest BCUT2D eigenvalue weighted by Crippen LogP contribution is -2.02. The maximum absolute atomic E-state index is 14.3. The molecule has 0 atom stereocenters. The molecule has 3 aromatic rings. The highest BCUT2D eigenvalue weighted by molar-refractivity contribution is 7.98. The van der Waals surface area contributed by atoms with Crippen molar-refractivity contribution in [1.82, 2.24) is 0 Å². The maximum atomic E-state index is 14.3. The summed E-state index contributed by atoms with van der Waals surface area (Å²) < 4.78 is 14.3. The molecule has 0 amide bonds. The largest absolute Gasteiger partial charge is 0.289 e. The molecule has 0 aliphatic rings. The highest BCUT2D eigenvalue weighted by Gasteiger charge is 2.12. The van der Waals surface area contributed by atoms with Gasteiger partial charge in [-0.1, -0.05) is 41.9 Å². The van der Waals surface area contributed by atoms with Gasteiger partial charge < -0.3 is 0 Å². The van der Waals surface area contributed by atoms with Gasteiger partial charge in [0, 0.05) is 26.8 Å². The molecule has 0 saturated carbocycles. The van der Waals surface area contributed by atoms with Crippen molar-refractivity contribution < 1.29 is 9.18 Å². The van der Waals surface area contributed by atoms with E-state index < -0.39 is 0 Å². The molecule has 120 valence electrons. The zero-order valence-corrected chi connectivity index (χ0v) is 14.3. The monoisotopic (exact) mass is 356 g/mol. The van der Waals surface area contributed by atoms with Crippen LogP contribution in [0.15, 0.2) is 77.7 Å². The summed E-state index contributed by atoms with van der Waals surface area (Å²) in [7, 11) is 0. The Morgan fingerprint density at radius 2 is 1.58 bits per heavy atom. The molecule has 0 aliphatic carbocycles. The van der Waals surface area contributed by atoms with E-state index in [9.17, 15) is 9.18 Å². The standard InChI is InChI=1S/C20H14ClFOS/c21-17-9-6-15(7-10-17)20(23)16-8-11-19(18(22)12-16)24-13-14-4-2-1-3-5-14/h1-12H,13H2. The van der Waals surface area contributed by atoms with Crippen LogP contribution in [0.1, 0.15) is 21.5 Å². The molecule has 0 heterocycles. The summed E-state index contributed by atoms with van der Waals surface area (Å²) in [6.45, 7) is 0. The van der Waals surface area contributed by atoms with Gasteiger partial charge in [-0.3, -0.25) is 4.79 Å². The lowest BCUT2D eigenvalue weighted by molar-refractivity contribution is 0.103. The number of rotatable bonds is 5. The second kappa shape index (κ2) is 7.65. The third kappa shape index (κ3) is 4.05. The Bertz CT molecular complexity index is 847. The molecular weight excluding hydrogens is 343 g/mol. The van der Waals surface area contributed by atoms with Crippen LogP contribution in [0.4, 0.5) is 4.39 Å². The Morgan fingerprint density at radius 1 is 0.917 bits per heavy atom. The first-order valence-electron chi connectivity index (χ1n) is 7.40. The van der Waals surface area contributed by atoms with Gasteiger partial charge in [0.1, 0.15) is 5.82 Å². The van der Waals surface area contributed by atoms with Crippen LogP contribution in [0.2, 0.25) is 5.02 Å². The molecule has 4 heteroatoms. The van der Waals surface area contributed by atoms with E-state index in [0.717, 1.165) is 5.56 Å². The number of carbonyl (C=O) groups excluding carboxylic acids is 1. The van der Waals surface area contributed by atoms with Crippen LogP contribution in [0, 0.1) is 5.82 Å². The van der Waals surface area contributed by atoms with Crippen molar-refractivity contribution in [2.75, 3.05) is 0 Å². The van der Waals surface area contributed by atoms with Crippen molar-refractivity contribution >= 4 is 29.1 Å². The van der Waals surface area contributed by atoms with E-state index in [1.165, 1.54) is 17.8 Å².